The molecule has 18 heavy (non-hydrogen) atoms. The van der Waals surface area contributed by atoms with E-state index in [-0.39, 0.29) is 16.1 Å². The summed E-state index contributed by atoms with van der Waals surface area (Å²) in [6, 6.07) is 4.00. The molecule has 0 aliphatic carbocycles. The molecule has 3 N–H and O–H groups in total. The van der Waals surface area contributed by atoms with Crippen LogP contribution in [0.15, 0.2) is 22.7 Å². The number of ether oxygens (including phenoxy) is 1. The zero-order valence-corrected chi connectivity index (χ0v) is 10.5. The Morgan fingerprint density at radius 2 is 2.06 bits per heavy atom. The normalized spacial score (nSPS) is 11.7. The molecule has 3 nitrogen and oxygen atoms in total. The number of nitrogens with one attached hydrogen (secondary N) is 1. The third-order valence-corrected chi connectivity index (χ3v) is 2.60. The zero-order chi connectivity index (χ0) is 13.9. The maximum atomic E-state index is 12.6. The van der Waals surface area contributed by atoms with Gasteiger partial charge < -0.3 is 10.5 Å². The maximum absolute atomic E-state index is 12.6. The summed E-state index contributed by atoms with van der Waals surface area (Å²) in [5.41, 5.74) is 5.57. The second kappa shape index (κ2) is 5.55. The minimum atomic E-state index is -4.21. The van der Waals surface area contributed by atoms with Gasteiger partial charge in [0.1, 0.15) is 11.6 Å². The second-order valence-corrected chi connectivity index (χ2v) is 4.26. The van der Waals surface area contributed by atoms with Crippen LogP contribution >= 0.6 is 15.9 Å². The lowest BCUT2D eigenvalue weighted by Crippen LogP contribution is -2.33. The van der Waals surface area contributed by atoms with Gasteiger partial charge in [0.25, 0.3) is 0 Å². The first kappa shape index (κ1) is 14.7. The summed E-state index contributed by atoms with van der Waals surface area (Å²) >= 11 is 3.01. The Hall–Kier alpha value is -1.31. The highest BCUT2D eigenvalue weighted by molar-refractivity contribution is 9.10. The van der Waals surface area contributed by atoms with E-state index in [2.05, 4.69) is 20.7 Å². The van der Waals surface area contributed by atoms with Gasteiger partial charge in [0.05, 0.1) is 4.47 Å². The van der Waals surface area contributed by atoms with Gasteiger partial charge in [-0.05, 0) is 34.1 Å². The first-order valence-electron chi connectivity index (χ1n) is 4.67. The number of rotatable bonds is 5. The van der Waals surface area contributed by atoms with Gasteiger partial charge in [0.15, 0.2) is 6.61 Å². The van der Waals surface area contributed by atoms with Gasteiger partial charge in [-0.3, -0.25) is 5.41 Å². The lowest BCUT2D eigenvalue weighted by atomic mass is 10.2. The molecule has 0 amide bonds. The summed E-state index contributed by atoms with van der Waals surface area (Å²) in [6.45, 7) is -1.43. The highest BCUT2D eigenvalue weighted by Crippen LogP contribution is 2.29. The number of hydrogen-bond acceptors (Lipinski definition) is 2. The van der Waals surface area contributed by atoms with E-state index < -0.39 is 19.0 Å². The molecule has 0 atom stereocenters. The van der Waals surface area contributed by atoms with Crippen molar-refractivity contribution in [2.24, 2.45) is 5.73 Å². The summed E-state index contributed by atoms with van der Waals surface area (Å²) in [6.07, 6.45) is -3.78. The third kappa shape index (κ3) is 3.59. The molecular weight excluding hydrogens is 320 g/mol. The van der Waals surface area contributed by atoms with Crippen LogP contribution in [0.3, 0.4) is 0 Å². The number of nitrogens with two attached hydrogens (primary N) is 1. The highest BCUT2D eigenvalue weighted by atomic mass is 79.9. The van der Waals surface area contributed by atoms with Crippen LogP contribution < -0.4 is 10.5 Å². The molecule has 100 valence electrons. The van der Waals surface area contributed by atoms with Crippen LogP contribution in [0.25, 0.3) is 0 Å². The smallest absolute Gasteiger partial charge is 0.340 e. The highest BCUT2D eigenvalue weighted by Gasteiger charge is 2.41. The van der Waals surface area contributed by atoms with Crippen LogP contribution in [0, 0.1) is 5.41 Å². The van der Waals surface area contributed by atoms with E-state index in [4.69, 9.17) is 11.1 Å². The Bertz CT molecular complexity index is 454. The largest absolute Gasteiger partial charge is 0.486 e. The van der Waals surface area contributed by atoms with Gasteiger partial charge in [0.2, 0.25) is 0 Å². The van der Waals surface area contributed by atoms with Crippen LogP contribution in [-0.2, 0) is 0 Å². The van der Waals surface area contributed by atoms with Crippen molar-refractivity contribution in [2.75, 3.05) is 6.61 Å². The Morgan fingerprint density at radius 1 is 1.44 bits per heavy atom. The average molecular weight is 329 g/mol. The van der Waals surface area contributed by atoms with Crippen molar-refractivity contribution in [3.63, 3.8) is 0 Å². The predicted molar refractivity (Wildman–Crippen MR) is 61.6 cm³/mol. The maximum Gasteiger partial charge on any atom is 0.340 e. The Morgan fingerprint density at radius 3 is 2.50 bits per heavy atom. The van der Waals surface area contributed by atoms with Gasteiger partial charge in [-0.1, -0.05) is 0 Å². The molecule has 1 rings (SSSR count). The molecule has 0 aliphatic rings. The van der Waals surface area contributed by atoms with Crippen molar-refractivity contribution in [2.45, 2.75) is 12.3 Å². The minimum Gasteiger partial charge on any atom is -0.486 e. The van der Waals surface area contributed by atoms with Gasteiger partial charge in [-0.15, -0.1) is 0 Å². The molecule has 0 bridgehead atoms. The lowest BCUT2D eigenvalue weighted by molar-refractivity contribution is -0.148. The van der Waals surface area contributed by atoms with E-state index in [1.807, 2.05) is 0 Å². The van der Waals surface area contributed by atoms with Crippen molar-refractivity contribution in [3.8, 4) is 5.75 Å². The summed E-state index contributed by atoms with van der Waals surface area (Å²) in [7, 11) is 0. The average Bonchev–Trinajstić information content (AvgIpc) is 2.26. The van der Waals surface area contributed by atoms with Gasteiger partial charge in [-0.25, -0.2) is 8.78 Å². The van der Waals surface area contributed by atoms with E-state index in [9.17, 15) is 17.6 Å². The first-order chi connectivity index (χ1) is 8.24. The van der Waals surface area contributed by atoms with Gasteiger partial charge in [0, 0.05) is 5.56 Å². The number of alkyl halides is 4. The Labute approximate surface area is 109 Å². The predicted octanol–water partition coefficient (Wildman–Crippen LogP) is 3.01. The van der Waals surface area contributed by atoms with Crippen molar-refractivity contribution >= 4 is 21.8 Å². The number of halogens is 5. The van der Waals surface area contributed by atoms with E-state index in [1.54, 1.807) is 0 Å². The van der Waals surface area contributed by atoms with Crippen molar-refractivity contribution in [3.05, 3.63) is 28.2 Å². The molecule has 8 heteroatoms. The van der Waals surface area contributed by atoms with Crippen LogP contribution in [0.4, 0.5) is 17.6 Å². The molecule has 1 aromatic rings. The van der Waals surface area contributed by atoms with E-state index in [0.717, 1.165) is 0 Å². The SMILES string of the molecule is N=C(N)c1ccc(OCC(F)(F)C(F)F)c(Br)c1. The van der Waals surface area contributed by atoms with Crippen LogP contribution in [0.5, 0.6) is 5.75 Å². The molecule has 0 saturated heterocycles. The van der Waals surface area contributed by atoms with E-state index in [0.29, 0.717) is 5.56 Å². The summed E-state index contributed by atoms with van der Waals surface area (Å²) in [5, 5.41) is 7.16. The number of benzene rings is 1. The molecule has 0 aliphatic heterocycles. The summed E-state index contributed by atoms with van der Waals surface area (Å²) in [5.74, 6) is -4.45. The molecule has 0 radical (unpaired) electrons. The first-order valence-corrected chi connectivity index (χ1v) is 5.46. The number of nitrogen functional groups attached to an aromatic ring is 1. The lowest BCUT2D eigenvalue weighted by Gasteiger charge is -2.16. The Kier molecular flexibility index (Phi) is 4.55. The number of hydrogen-bond donors (Lipinski definition) is 2. The fourth-order valence-electron chi connectivity index (χ4n) is 1.02. The topological polar surface area (TPSA) is 59.1 Å². The van der Waals surface area contributed by atoms with E-state index in [1.165, 1.54) is 18.2 Å². The monoisotopic (exact) mass is 328 g/mol. The van der Waals surface area contributed by atoms with Gasteiger partial charge >= 0.3 is 12.3 Å². The molecular formula is C10H9BrF4N2O. The van der Waals surface area contributed by atoms with Crippen LogP contribution in [0.1, 0.15) is 5.56 Å². The molecule has 0 aromatic heterocycles. The molecule has 0 heterocycles. The van der Waals surface area contributed by atoms with E-state index >= 15 is 0 Å². The fourth-order valence-corrected chi connectivity index (χ4v) is 1.52. The molecule has 0 spiro atoms. The summed E-state index contributed by atoms with van der Waals surface area (Å²) in [4.78, 5) is 0. The second-order valence-electron chi connectivity index (χ2n) is 3.41. The van der Waals surface area contributed by atoms with Gasteiger partial charge in [-0.2, -0.15) is 8.78 Å². The standard InChI is InChI=1S/C10H9BrF4N2O/c11-6-3-5(8(16)17)1-2-7(6)18-4-10(14,15)9(12)13/h1-3,9H,4H2,(H3,16,17). The molecule has 1 aromatic carbocycles. The third-order valence-electron chi connectivity index (χ3n) is 1.98. The summed E-state index contributed by atoms with van der Waals surface area (Å²) < 4.78 is 53.9. The zero-order valence-electron chi connectivity index (χ0n) is 8.89. The fraction of sp³-hybridized carbons (Fsp3) is 0.300. The van der Waals surface area contributed by atoms with Crippen molar-refractivity contribution in [1.29, 1.82) is 5.41 Å². The number of amidine groups is 1. The minimum absolute atomic E-state index is 0.0275. The van der Waals surface area contributed by atoms with Crippen molar-refractivity contribution in [1.82, 2.24) is 0 Å². The molecule has 0 saturated carbocycles. The molecule has 0 fully saturated rings. The van der Waals surface area contributed by atoms with Crippen LogP contribution in [0.2, 0.25) is 0 Å². The molecule has 0 unspecified atom stereocenters. The van der Waals surface area contributed by atoms with Crippen molar-refractivity contribution < 1.29 is 22.3 Å². The Balaban J connectivity index is 2.78. The van der Waals surface area contributed by atoms with Crippen LogP contribution in [-0.4, -0.2) is 24.8 Å². The quantitative estimate of drug-likeness (QED) is 0.496.